The van der Waals surface area contributed by atoms with E-state index in [4.69, 9.17) is 4.74 Å². The molecule has 2 aromatic rings. The van der Waals surface area contributed by atoms with Crippen molar-refractivity contribution in [3.05, 3.63) is 36.5 Å². The van der Waals surface area contributed by atoms with Gasteiger partial charge >= 0.3 is 6.09 Å². The quantitative estimate of drug-likeness (QED) is 0.877. The van der Waals surface area contributed by atoms with E-state index in [-0.39, 0.29) is 18.9 Å². The smallest absolute Gasteiger partial charge is 0.407 e. The van der Waals surface area contributed by atoms with Crippen molar-refractivity contribution < 1.29 is 14.3 Å². The number of ether oxygens (including phenoxy) is 1. The molecular weight excluding hydrogens is 356 g/mol. The van der Waals surface area contributed by atoms with Gasteiger partial charge in [-0.25, -0.2) is 9.78 Å². The van der Waals surface area contributed by atoms with E-state index in [1.54, 1.807) is 0 Å². The molecule has 0 aliphatic carbocycles. The summed E-state index contributed by atoms with van der Waals surface area (Å²) in [6.45, 7) is 8.48. The molecule has 0 bridgehead atoms. The number of piperazine rings is 1. The van der Waals surface area contributed by atoms with Crippen molar-refractivity contribution in [1.29, 1.82) is 0 Å². The van der Waals surface area contributed by atoms with Crippen molar-refractivity contribution in [3.63, 3.8) is 0 Å². The molecule has 1 N–H and O–H groups in total. The Morgan fingerprint density at radius 1 is 1.11 bits per heavy atom. The summed E-state index contributed by atoms with van der Waals surface area (Å²) in [7, 11) is 0. The predicted octanol–water partition coefficient (Wildman–Crippen LogP) is 2.80. The number of pyridine rings is 1. The highest BCUT2D eigenvalue weighted by molar-refractivity contribution is 5.92. The van der Waals surface area contributed by atoms with E-state index in [0.29, 0.717) is 13.1 Å². The van der Waals surface area contributed by atoms with Crippen LogP contribution in [0, 0.1) is 0 Å². The Morgan fingerprint density at radius 2 is 1.82 bits per heavy atom. The predicted molar refractivity (Wildman–Crippen MR) is 109 cm³/mol. The van der Waals surface area contributed by atoms with Crippen molar-refractivity contribution in [2.75, 3.05) is 37.6 Å². The van der Waals surface area contributed by atoms with Crippen LogP contribution in [-0.2, 0) is 9.53 Å². The van der Waals surface area contributed by atoms with Crippen molar-refractivity contribution in [2.24, 2.45) is 0 Å². The van der Waals surface area contributed by atoms with Gasteiger partial charge in [-0.15, -0.1) is 0 Å². The first-order valence-corrected chi connectivity index (χ1v) is 9.67. The van der Waals surface area contributed by atoms with Gasteiger partial charge in [0.2, 0.25) is 5.91 Å². The van der Waals surface area contributed by atoms with E-state index >= 15 is 0 Å². The largest absolute Gasteiger partial charge is 0.444 e. The Balaban J connectivity index is 1.48. The Morgan fingerprint density at radius 3 is 2.54 bits per heavy atom. The van der Waals surface area contributed by atoms with Crippen LogP contribution in [0.3, 0.4) is 0 Å². The maximum atomic E-state index is 12.4. The Hall–Kier alpha value is -2.83. The van der Waals surface area contributed by atoms with Crippen molar-refractivity contribution in [3.8, 4) is 0 Å². The molecule has 1 aliphatic rings. The molecule has 0 saturated carbocycles. The lowest BCUT2D eigenvalue weighted by atomic mass is 10.1. The van der Waals surface area contributed by atoms with E-state index in [2.05, 4.69) is 27.3 Å². The van der Waals surface area contributed by atoms with Gasteiger partial charge in [0, 0.05) is 50.7 Å². The average molecular weight is 384 g/mol. The van der Waals surface area contributed by atoms with E-state index in [0.717, 1.165) is 24.3 Å². The highest BCUT2D eigenvalue weighted by Crippen LogP contribution is 2.25. The Labute approximate surface area is 165 Å². The summed E-state index contributed by atoms with van der Waals surface area (Å²) in [5, 5.41) is 4.93. The number of rotatable bonds is 4. The summed E-state index contributed by atoms with van der Waals surface area (Å²) in [6, 6.07) is 10.2. The highest BCUT2D eigenvalue weighted by Gasteiger charge is 2.23. The maximum Gasteiger partial charge on any atom is 0.407 e. The molecule has 0 unspecified atom stereocenters. The summed E-state index contributed by atoms with van der Waals surface area (Å²) in [4.78, 5) is 32.7. The number of nitrogens with zero attached hydrogens (tertiary/aromatic N) is 3. The number of anilines is 1. The Kier molecular flexibility index (Phi) is 6.02. The first-order valence-electron chi connectivity index (χ1n) is 9.67. The highest BCUT2D eigenvalue weighted by atomic mass is 16.6. The molecule has 7 heteroatoms. The van der Waals surface area contributed by atoms with Gasteiger partial charge in [-0.1, -0.05) is 24.3 Å². The van der Waals surface area contributed by atoms with Crippen LogP contribution >= 0.6 is 0 Å². The molecule has 3 rings (SSSR count). The number of alkyl carbamates (subject to hydrolysis) is 1. The second kappa shape index (κ2) is 8.46. The number of benzene rings is 1. The summed E-state index contributed by atoms with van der Waals surface area (Å²) in [6.07, 6.45) is 1.61. The number of hydrogen-bond acceptors (Lipinski definition) is 5. The zero-order valence-electron chi connectivity index (χ0n) is 16.8. The van der Waals surface area contributed by atoms with Gasteiger partial charge in [-0.2, -0.15) is 0 Å². The lowest BCUT2D eigenvalue weighted by Gasteiger charge is -2.36. The third kappa shape index (κ3) is 5.12. The molecule has 0 spiro atoms. The SMILES string of the molecule is CC(C)(C)OC(=O)NCCC(=O)N1CCN(c2nccc3ccccc23)CC1. The zero-order chi connectivity index (χ0) is 20.1. The molecule has 28 heavy (non-hydrogen) atoms. The summed E-state index contributed by atoms with van der Waals surface area (Å²) >= 11 is 0. The molecule has 2 amide bonds. The second-order valence-corrected chi connectivity index (χ2v) is 7.90. The lowest BCUT2D eigenvalue weighted by Crippen LogP contribution is -2.49. The van der Waals surface area contributed by atoms with Crippen LogP contribution < -0.4 is 10.2 Å². The van der Waals surface area contributed by atoms with Crippen LogP contribution in [0.25, 0.3) is 10.8 Å². The molecule has 0 radical (unpaired) electrons. The van der Waals surface area contributed by atoms with Crippen LogP contribution in [0.15, 0.2) is 36.5 Å². The first kappa shape index (κ1) is 19.9. The number of fused-ring (bicyclic) bond motifs is 1. The molecular formula is C21H28N4O3. The van der Waals surface area contributed by atoms with Gasteiger partial charge in [0.05, 0.1) is 0 Å². The molecule has 1 aliphatic heterocycles. The number of nitrogens with one attached hydrogen (secondary N) is 1. The lowest BCUT2D eigenvalue weighted by molar-refractivity contribution is -0.131. The monoisotopic (exact) mass is 384 g/mol. The average Bonchev–Trinajstić information content (AvgIpc) is 2.66. The number of hydrogen-bond donors (Lipinski definition) is 1. The molecule has 1 fully saturated rings. The number of carbonyl (C=O) groups is 2. The van der Waals surface area contributed by atoms with Gasteiger partial charge < -0.3 is 19.9 Å². The fraction of sp³-hybridized carbons (Fsp3) is 0.476. The standard InChI is InChI=1S/C21H28N4O3/c1-21(2,3)28-20(27)23-11-9-18(26)24-12-14-25(15-13-24)19-17-7-5-4-6-16(17)8-10-22-19/h4-8,10H,9,11-15H2,1-3H3,(H,23,27). The van der Waals surface area contributed by atoms with Crippen LogP contribution in [-0.4, -0.2) is 60.2 Å². The number of aromatic nitrogens is 1. The van der Waals surface area contributed by atoms with Gasteiger partial charge in [-0.3, -0.25) is 4.79 Å². The minimum absolute atomic E-state index is 0.0431. The normalized spacial score (nSPS) is 14.8. The molecule has 0 atom stereocenters. The topological polar surface area (TPSA) is 74.8 Å². The molecule has 7 nitrogen and oxygen atoms in total. The van der Waals surface area contributed by atoms with Gasteiger partial charge in [-0.05, 0) is 32.2 Å². The third-order valence-corrected chi connectivity index (χ3v) is 4.59. The number of amides is 2. The van der Waals surface area contributed by atoms with E-state index in [1.807, 2.05) is 50.1 Å². The molecule has 1 aromatic heterocycles. The summed E-state index contributed by atoms with van der Waals surface area (Å²) in [5.74, 6) is 1.01. The van der Waals surface area contributed by atoms with Gasteiger partial charge in [0.25, 0.3) is 0 Å². The summed E-state index contributed by atoms with van der Waals surface area (Å²) < 4.78 is 5.17. The van der Waals surface area contributed by atoms with E-state index in [9.17, 15) is 9.59 Å². The molecule has 1 saturated heterocycles. The van der Waals surface area contributed by atoms with Crippen molar-refractivity contribution >= 4 is 28.6 Å². The van der Waals surface area contributed by atoms with Crippen LogP contribution in [0.2, 0.25) is 0 Å². The van der Waals surface area contributed by atoms with Crippen LogP contribution in [0.5, 0.6) is 0 Å². The van der Waals surface area contributed by atoms with Crippen molar-refractivity contribution in [1.82, 2.24) is 15.2 Å². The first-order chi connectivity index (χ1) is 13.3. The van der Waals surface area contributed by atoms with Gasteiger partial charge in [0.1, 0.15) is 11.4 Å². The van der Waals surface area contributed by atoms with Crippen molar-refractivity contribution in [2.45, 2.75) is 32.8 Å². The van der Waals surface area contributed by atoms with Gasteiger partial charge in [0.15, 0.2) is 0 Å². The van der Waals surface area contributed by atoms with Crippen LogP contribution in [0.4, 0.5) is 10.6 Å². The van der Waals surface area contributed by atoms with E-state index < -0.39 is 11.7 Å². The molecule has 150 valence electrons. The maximum absolute atomic E-state index is 12.4. The van der Waals surface area contributed by atoms with Crippen LogP contribution in [0.1, 0.15) is 27.2 Å². The Bertz CT molecular complexity index is 834. The fourth-order valence-electron chi connectivity index (χ4n) is 3.27. The fourth-order valence-corrected chi connectivity index (χ4v) is 3.27. The molecule has 1 aromatic carbocycles. The minimum atomic E-state index is -0.542. The van der Waals surface area contributed by atoms with E-state index in [1.165, 1.54) is 5.39 Å². The molecule has 2 heterocycles. The summed E-state index contributed by atoms with van der Waals surface area (Å²) in [5.41, 5.74) is -0.542. The second-order valence-electron chi connectivity index (χ2n) is 7.90. The number of carbonyl (C=O) groups excluding carboxylic acids is 2. The zero-order valence-corrected chi connectivity index (χ0v) is 16.8. The minimum Gasteiger partial charge on any atom is -0.444 e. The third-order valence-electron chi connectivity index (χ3n) is 4.59.